The molecule has 0 fully saturated rings. The summed E-state index contributed by atoms with van der Waals surface area (Å²) in [4.78, 5) is 15.3. The van der Waals surface area contributed by atoms with Gasteiger partial charge in [-0.2, -0.15) is 4.98 Å². The van der Waals surface area contributed by atoms with Gasteiger partial charge >= 0.3 is 0 Å². The number of halogens is 1. The number of amides is 1. The Kier molecular flexibility index (Phi) is 3.57. The summed E-state index contributed by atoms with van der Waals surface area (Å²) in [6.07, 6.45) is 0. The van der Waals surface area contributed by atoms with Gasteiger partial charge in [0.1, 0.15) is 5.75 Å². The first-order valence-electron chi connectivity index (χ1n) is 5.26. The fraction of sp³-hybridized carbons (Fsp3) is 0.182. The largest absolute Gasteiger partial charge is 0.496 e. The SMILES string of the molecule is CNC(=O)c1noc(-c2cc(Cl)c(N)cc2OC)n1. The Morgan fingerprint density at radius 2 is 2.26 bits per heavy atom. The number of carbonyl (C=O) groups excluding carboxylic acids is 1. The zero-order chi connectivity index (χ0) is 14.0. The second-order valence-corrected chi connectivity index (χ2v) is 3.98. The number of carbonyl (C=O) groups is 1. The molecule has 1 aromatic heterocycles. The molecule has 0 aliphatic carbocycles. The molecule has 1 heterocycles. The summed E-state index contributed by atoms with van der Waals surface area (Å²) in [5, 5.41) is 6.29. The van der Waals surface area contributed by atoms with Crippen LogP contribution >= 0.6 is 11.6 Å². The van der Waals surface area contributed by atoms with E-state index in [9.17, 15) is 4.79 Å². The van der Waals surface area contributed by atoms with Gasteiger partial charge < -0.3 is 20.3 Å². The van der Waals surface area contributed by atoms with E-state index in [2.05, 4.69) is 15.5 Å². The lowest BCUT2D eigenvalue weighted by Gasteiger charge is -2.07. The number of hydrogen-bond donors (Lipinski definition) is 2. The van der Waals surface area contributed by atoms with Crippen molar-refractivity contribution in [3.05, 3.63) is 23.0 Å². The Hall–Kier alpha value is -2.28. The number of benzene rings is 1. The quantitative estimate of drug-likeness (QED) is 0.824. The van der Waals surface area contributed by atoms with Crippen LogP contribution in [0.5, 0.6) is 5.75 Å². The molecule has 0 unspecified atom stereocenters. The molecule has 2 rings (SSSR count). The maximum absolute atomic E-state index is 11.4. The molecule has 1 amide bonds. The number of aromatic nitrogens is 2. The van der Waals surface area contributed by atoms with Crippen molar-refractivity contribution in [2.75, 3.05) is 19.9 Å². The number of anilines is 1. The minimum atomic E-state index is -0.449. The Labute approximate surface area is 113 Å². The first-order valence-corrected chi connectivity index (χ1v) is 5.63. The number of nitrogens with one attached hydrogen (secondary N) is 1. The predicted molar refractivity (Wildman–Crippen MR) is 69.1 cm³/mol. The van der Waals surface area contributed by atoms with Crippen molar-refractivity contribution in [2.45, 2.75) is 0 Å². The van der Waals surface area contributed by atoms with Crippen molar-refractivity contribution in [2.24, 2.45) is 0 Å². The number of nitrogens with two attached hydrogens (primary N) is 1. The van der Waals surface area contributed by atoms with Crippen LogP contribution in [0.15, 0.2) is 16.7 Å². The molecule has 0 bridgehead atoms. The van der Waals surface area contributed by atoms with Gasteiger partial charge in [0, 0.05) is 13.1 Å². The van der Waals surface area contributed by atoms with Gasteiger partial charge in [0.25, 0.3) is 17.6 Å². The van der Waals surface area contributed by atoms with E-state index in [4.69, 9.17) is 26.6 Å². The molecule has 2 aromatic rings. The maximum Gasteiger partial charge on any atom is 0.292 e. The second kappa shape index (κ2) is 5.15. The lowest BCUT2D eigenvalue weighted by molar-refractivity contribution is 0.0950. The van der Waals surface area contributed by atoms with Crippen molar-refractivity contribution in [1.29, 1.82) is 0 Å². The van der Waals surface area contributed by atoms with Gasteiger partial charge in [0.05, 0.1) is 23.4 Å². The van der Waals surface area contributed by atoms with Crippen LogP contribution in [0, 0.1) is 0 Å². The van der Waals surface area contributed by atoms with E-state index >= 15 is 0 Å². The summed E-state index contributed by atoms with van der Waals surface area (Å²) in [5.41, 5.74) is 6.51. The number of nitrogen functional groups attached to an aromatic ring is 1. The van der Waals surface area contributed by atoms with Crippen LogP contribution in [0.3, 0.4) is 0 Å². The van der Waals surface area contributed by atoms with Crippen molar-refractivity contribution < 1.29 is 14.1 Å². The van der Waals surface area contributed by atoms with Crippen LogP contribution < -0.4 is 15.8 Å². The molecular weight excluding hydrogens is 272 g/mol. The number of hydrogen-bond acceptors (Lipinski definition) is 6. The highest BCUT2D eigenvalue weighted by Gasteiger charge is 2.18. The normalized spacial score (nSPS) is 10.3. The monoisotopic (exact) mass is 282 g/mol. The molecule has 8 heteroatoms. The summed E-state index contributed by atoms with van der Waals surface area (Å²) >= 11 is 5.94. The van der Waals surface area contributed by atoms with Gasteiger partial charge in [-0.1, -0.05) is 16.8 Å². The molecule has 7 nitrogen and oxygen atoms in total. The molecule has 0 saturated heterocycles. The van der Waals surface area contributed by atoms with Gasteiger partial charge in [-0.15, -0.1) is 0 Å². The van der Waals surface area contributed by atoms with Crippen LogP contribution in [0.1, 0.15) is 10.6 Å². The molecular formula is C11H11ClN4O3. The Morgan fingerprint density at radius 3 is 2.89 bits per heavy atom. The van der Waals surface area contributed by atoms with E-state index in [0.29, 0.717) is 22.0 Å². The van der Waals surface area contributed by atoms with Gasteiger partial charge in [0.2, 0.25) is 0 Å². The number of nitrogens with zero attached hydrogens (tertiary/aromatic N) is 2. The second-order valence-electron chi connectivity index (χ2n) is 3.58. The van der Waals surface area contributed by atoms with Crippen LogP contribution in [0.25, 0.3) is 11.5 Å². The summed E-state index contributed by atoms with van der Waals surface area (Å²) in [7, 11) is 2.95. The van der Waals surface area contributed by atoms with Crippen molar-refractivity contribution in [1.82, 2.24) is 15.5 Å². The third-order valence-corrected chi connectivity index (χ3v) is 2.73. The van der Waals surface area contributed by atoms with Crippen LogP contribution in [-0.2, 0) is 0 Å². The predicted octanol–water partition coefficient (Wildman–Crippen LogP) is 1.34. The lowest BCUT2D eigenvalue weighted by Crippen LogP contribution is -2.19. The third-order valence-electron chi connectivity index (χ3n) is 2.41. The van der Waals surface area contributed by atoms with Gasteiger partial charge in [0.15, 0.2) is 0 Å². The van der Waals surface area contributed by atoms with Crippen molar-refractivity contribution in [3.8, 4) is 17.2 Å². The highest BCUT2D eigenvalue weighted by atomic mass is 35.5. The molecule has 1 aromatic carbocycles. The average Bonchev–Trinajstić information content (AvgIpc) is 2.90. The Balaban J connectivity index is 2.49. The molecule has 0 aliphatic rings. The topological polar surface area (TPSA) is 103 Å². The highest BCUT2D eigenvalue weighted by Crippen LogP contribution is 2.35. The summed E-state index contributed by atoms with van der Waals surface area (Å²) < 4.78 is 10.2. The van der Waals surface area contributed by atoms with E-state index in [1.54, 1.807) is 6.07 Å². The zero-order valence-corrected chi connectivity index (χ0v) is 11.0. The molecule has 3 N–H and O–H groups in total. The number of methoxy groups -OCH3 is 1. The summed E-state index contributed by atoms with van der Waals surface area (Å²) in [5.74, 6) is 0.0226. The van der Waals surface area contributed by atoms with E-state index in [-0.39, 0.29) is 11.7 Å². The standard InChI is InChI=1S/C11H11ClN4O3/c1-14-10(17)9-15-11(19-16-9)5-3-6(12)7(13)4-8(5)18-2/h3-4H,13H2,1-2H3,(H,14,17). The number of rotatable bonds is 3. The van der Waals surface area contributed by atoms with Gasteiger partial charge in [-0.3, -0.25) is 4.79 Å². The molecule has 0 aliphatic heterocycles. The minimum absolute atomic E-state index is 0.0764. The first-order chi connectivity index (χ1) is 9.06. The molecule has 0 atom stereocenters. The van der Waals surface area contributed by atoms with E-state index in [1.165, 1.54) is 20.2 Å². The van der Waals surface area contributed by atoms with Crippen LogP contribution in [0.2, 0.25) is 5.02 Å². The van der Waals surface area contributed by atoms with Crippen LogP contribution in [-0.4, -0.2) is 30.2 Å². The van der Waals surface area contributed by atoms with Crippen LogP contribution in [0.4, 0.5) is 5.69 Å². The van der Waals surface area contributed by atoms with E-state index < -0.39 is 5.91 Å². The fourth-order valence-electron chi connectivity index (χ4n) is 1.44. The smallest absolute Gasteiger partial charge is 0.292 e. The van der Waals surface area contributed by atoms with E-state index in [1.807, 2.05) is 0 Å². The highest BCUT2D eigenvalue weighted by molar-refractivity contribution is 6.33. The average molecular weight is 283 g/mol. The molecule has 0 radical (unpaired) electrons. The summed E-state index contributed by atoms with van der Waals surface area (Å²) in [6.45, 7) is 0. The molecule has 19 heavy (non-hydrogen) atoms. The van der Waals surface area contributed by atoms with E-state index in [0.717, 1.165) is 0 Å². The van der Waals surface area contributed by atoms with Crippen molar-refractivity contribution in [3.63, 3.8) is 0 Å². The zero-order valence-electron chi connectivity index (χ0n) is 10.2. The maximum atomic E-state index is 11.4. The molecule has 100 valence electrons. The Morgan fingerprint density at radius 1 is 1.53 bits per heavy atom. The Bertz CT molecular complexity index is 626. The van der Waals surface area contributed by atoms with Crippen molar-refractivity contribution >= 4 is 23.2 Å². The fourth-order valence-corrected chi connectivity index (χ4v) is 1.61. The summed E-state index contributed by atoms with van der Waals surface area (Å²) in [6, 6.07) is 3.08. The first kappa shape index (κ1) is 13.2. The minimum Gasteiger partial charge on any atom is -0.496 e. The molecule has 0 spiro atoms. The van der Waals surface area contributed by atoms with Gasteiger partial charge in [-0.05, 0) is 6.07 Å². The molecule has 0 saturated carbocycles. The third kappa shape index (κ3) is 2.45. The van der Waals surface area contributed by atoms with Gasteiger partial charge in [-0.25, -0.2) is 0 Å². The lowest BCUT2D eigenvalue weighted by atomic mass is 10.2. The number of ether oxygens (including phenoxy) is 1.